The van der Waals surface area contributed by atoms with Gasteiger partial charge in [-0.05, 0) is 35.4 Å². The molecule has 2 aromatic rings. The second-order valence-electron chi connectivity index (χ2n) is 4.40. The lowest BCUT2D eigenvalue weighted by atomic mass is 10.2. The van der Waals surface area contributed by atoms with E-state index in [1.54, 1.807) is 48.5 Å². The van der Waals surface area contributed by atoms with Gasteiger partial charge in [0.1, 0.15) is 0 Å². The van der Waals surface area contributed by atoms with Gasteiger partial charge in [-0.25, -0.2) is 8.42 Å². The Labute approximate surface area is 117 Å². The molecule has 0 aromatic heterocycles. The lowest BCUT2D eigenvalue weighted by Gasteiger charge is -2.05. The lowest BCUT2D eigenvalue weighted by Crippen LogP contribution is -2.07. The molecule has 2 rings (SSSR count). The Kier molecular flexibility index (Phi) is 4.12. The highest BCUT2D eigenvalue weighted by Crippen LogP contribution is 2.16. The summed E-state index contributed by atoms with van der Waals surface area (Å²) in [4.78, 5) is 0. The van der Waals surface area contributed by atoms with Gasteiger partial charge in [0.25, 0.3) is 0 Å². The quantitative estimate of drug-likeness (QED) is 0.882. The zero-order valence-corrected chi connectivity index (χ0v) is 11.8. The third-order valence-electron chi connectivity index (χ3n) is 2.64. The van der Waals surface area contributed by atoms with Gasteiger partial charge in [-0.3, -0.25) is 0 Å². The van der Waals surface area contributed by atoms with Crippen molar-refractivity contribution in [3.05, 3.63) is 64.7 Å². The fourth-order valence-electron chi connectivity index (χ4n) is 1.80. The highest BCUT2D eigenvalue weighted by Gasteiger charge is 2.13. The second kappa shape index (κ2) is 5.63. The van der Waals surface area contributed by atoms with Gasteiger partial charge in [-0.2, -0.15) is 0 Å². The number of halogens is 1. The number of hydrogen-bond acceptors (Lipinski definition) is 3. The summed E-state index contributed by atoms with van der Waals surface area (Å²) in [6.07, 6.45) is 0. The van der Waals surface area contributed by atoms with Crippen LogP contribution in [0.5, 0.6) is 0 Å². The SMILES string of the molecule is Nc1ccc(CS(=O)(=O)Cc2cccc(Cl)c2)cc1. The predicted molar refractivity (Wildman–Crippen MR) is 78.6 cm³/mol. The molecule has 0 saturated carbocycles. The van der Waals surface area contributed by atoms with Gasteiger partial charge in [-0.1, -0.05) is 35.9 Å². The van der Waals surface area contributed by atoms with Crippen LogP contribution < -0.4 is 5.73 Å². The molecule has 0 aliphatic carbocycles. The number of hydrogen-bond donors (Lipinski definition) is 1. The highest BCUT2D eigenvalue weighted by atomic mass is 35.5. The van der Waals surface area contributed by atoms with E-state index < -0.39 is 9.84 Å². The Bertz CT molecular complexity index is 666. The van der Waals surface area contributed by atoms with Crippen LogP contribution >= 0.6 is 11.6 Å². The van der Waals surface area contributed by atoms with Crippen molar-refractivity contribution in [3.8, 4) is 0 Å². The van der Waals surface area contributed by atoms with Gasteiger partial charge in [0, 0.05) is 10.7 Å². The minimum absolute atomic E-state index is 0.000205. The maximum absolute atomic E-state index is 12.1. The summed E-state index contributed by atoms with van der Waals surface area (Å²) in [6.45, 7) is 0. The summed E-state index contributed by atoms with van der Waals surface area (Å²) >= 11 is 5.84. The Hall–Kier alpha value is -1.52. The lowest BCUT2D eigenvalue weighted by molar-refractivity contribution is 0.594. The van der Waals surface area contributed by atoms with E-state index in [0.717, 1.165) is 5.56 Å². The van der Waals surface area contributed by atoms with Crippen LogP contribution in [0.4, 0.5) is 5.69 Å². The van der Waals surface area contributed by atoms with Crippen LogP contribution in [-0.4, -0.2) is 8.42 Å². The standard InChI is InChI=1S/C14H14ClNO2S/c15-13-3-1-2-12(8-13)10-19(17,18)9-11-4-6-14(16)7-5-11/h1-8H,9-10,16H2. The minimum Gasteiger partial charge on any atom is -0.399 e. The first-order valence-electron chi connectivity index (χ1n) is 5.74. The molecule has 0 aliphatic heterocycles. The van der Waals surface area contributed by atoms with Crippen LogP contribution in [-0.2, 0) is 21.3 Å². The molecular formula is C14H14ClNO2S. The van der Waals surface area contributed by atoms with E-state index in [2.05, 4.69) is 0 Å². The molecule has 0 bridgehead atoms. The third-order valence-corrected chi connectivity index (χ3v) is 4.42. The third kappa shape index (κ3) is 4.26. The van der Waals surface area contributed by atoms with E-state index in [1.807, 2.05) is 0 Å². The monoisotopic (exact) mass is 295 g/mol. The minimum atomic E-state index is -3.22. The van der Waals surface area contributed by atoms with Crippen molar-refractivity contribution in [1.82, 2.24) is 0 Å². The van der Waals surface area contributed by atoms with Gasteiger partial charge in [0.2, 0.25) is 0 Å². The molecule has 19 heavy (non-hydrogen) atoms. The Morgan fingerprint density at radius 2 is 1.58 bits per heavy atom. The fraction of sp³-hybridized carbons (Fsp3) is 0.143. The highest BCUT2D eigenvalue weighted by molar-refractivity contribution is 7.89. The first-order chi connectivity index (χ1) is 8.94. The molecule has 0 radical (unpaired) electrons. The number of anilines is 1. The molecule has 0 heterocycles. The van der Waals surface area contributed by atoms with E-state index in [1.165, 1.54) is 0 Å². The van der Waals surface area contributed by atoms with E-state index in [-0.39, 0.29) is 11.5 Å². The molecule has 0 saturated heterocycles. The molecule has 0 atom stereocenters. The largest absolute Gasteiger partial charge is 0.399 e. The summed E-state index contributed by atoms with van der Waals surface area (Å²) in [5, 5.41) is 0.542. The molecule has 2 N–H and O–H groups in total. The zero-order chi connectivity index (χ0) is 13.9. The molecule has 0 unspecified atom stereocenters. The summed E-state index contributed by atoms with van der Waals surface area (Å²) in [7, 11) is -3.22. The smallest absolute Gasteiger partial charge is 0.158 e. The van der Waals surface area contributed by atoms with Crippen LogP contribution in [0.1, 0.15) is 11.1 Å². The van der Waals surface area contributed by atoms with Crippen LogP contribution in [0.25, 0.3) is 0 Å². The van der Waals surface area contributed by atoms with E-state index in [4.69, 9.17) is 17.3 Å². The summed E-state index contributed by atoms with van der Waals surface area (Å²) in [5.41, 5.74) is 7.62. The number of rotatable bonds is 4. The number of sulfone groups is 1. The first kappa shape index (κ1) is 13.9. The molecular weight excluding hydrogens is 282 g/mol. The van der Waals surface area contributed by atoms with E-state index >= 15 is 0 Å². The zero-order valence-electron chi connectivity index (χ0n) is 10.2. The van der Waals surface area contributed by atoms with Gasteiger partial charge < -0.3 is 5.73 Å². The van der Waals surface area contributed by atoms with Crippen molar-refractivity contribution < 1.29 is 8.42 Å². The Morgan fingerprint density at radius 1 is 0.947 bits per heavy atom. The van der Waals surface area contributed by atoms with Gasteiger partial charge in [0.15, 0.2) is 9.84 Å². The molecule has 100 valence electrons. The summed E-state index contributed by atoms with van der Waals surface area (Å²) < 4.78 is 24.2. The van der Waals surface area contributed by atoms with Crippen LogP contribution in [0, 0.1) is 0 Å². The van der Waals surface area contributed by atoms with Gasteiger partial charge in [0.05, 0.1) is 11.5 Å². The summed E-state index contributed by atoms with van der Waals surface area (Å²) in [5.74, 6) is -0.0161. The molecule has 0 fully saturated rings. The van der Waals surface area contributed by atoms with Crippen molar-refractivity contribution in [2.75, 3.05) is 5.73 Å². The molecule has 3 nitrogen and oxygen atoms in total. The van der Waals surface area contributed by atoms with Crippen molar-refractivity contribution in [1.29, 1.82) is 0 Å². The van der Waals surface area contributed by atoms with Gasteiger partial charge in [-0.15, -0.1) is 0 Å². The van der Waals surface area contributed by atoms with Crippen molar-refractivity contribution >= 4 is 27.1 Å². The number of benzene rings is 2. The maximum Gasteiger partial charge on any atom is 0.158 e. The predicted octanol–water partition coefficient (Wildman–Crippen LogP) is 3.04. The number of nitrogens with two attached hydrogens (primary N) is 1. The van der Waals surface area contributed by atoms with Crippen LogP contribution in [0.3, 0.4) is 0 Å². The summed E-state index contributed by atoms with van der Waals surface area (Å²) in [6, 6.07) is 13.7. The normalized spacial score (nSPS) is 11.4. The van der Waals surface area contributed by atoms with Gasteiger partial charge >= 0.3 is 0 Å². The maximum atomic E-state index is 12.1. The molecule has 2 aromatic carbocycles. The fourth-order valence-corrected chi connectivity index (χ4v) is 3.50. The Balaban J connectivity index is 2.13. The van der Waals surface area contributed by atoms with E-state index in [9.17, 15) is 8.42 Å². The Morgan fingerprint density at radius 3 is 2.21 bits per heavy atom. The average molecular weight is 296 g/mol. The van der Waals surface area contributed by atoms with E-state index in [0.29, 0.717) is 16.3 Å². The number of nitrogen functional groups attached to an aromatic ring is 1. The van der Waals surface area contributed by atoms with Crippen molar-refractivity contribution in [2.45, 2.75) is 11.5 Å². The van der Waals surface area contributed by atoms with Crippen LogP contribution in [0.2, 0.25) is 5.02 Å². The molecule has 0 aliphatic rings. The van der Waals surface area contributed by atoms with Crippen molar-refractivity contribution in [2.24, 2.45) is 0 Å². The molecule has 0 spiro atoms. The molecule has 0 amide bonds. The molecule has 5 heteroatoms. The second-order valence-corrected chi connectivity index (χ2v) is 6.90. The van der Waals surface area contributed by atoms with Crippen LogP contribution in [0.15, 0.2) is 48.5 Å². The van der Waals surface area contributed by atoms with Crippen molar-refractivity contribution in [3.63, 3.8) is 0 Å². The topological polar surface area (TPSA) is 60.2 Å². The first-order valence-corrected chi connectivity index (χ1v) is 7.94. The average Bonchev–Trinajstić information content (AvgIpc) is 2.31.